The first-order valence-electron chi connectivity index (χ1n) is 9.65. The van der Waals surface area contributed by atoms with Crippen molar-refractivity contribution in [3.05, 3.63) is 52.2 Å². The van der Waals surface area contributed by atoms with E-state index in [2.05, 4.69) is 15.4 Å². The number of hydrogen-bond acceptors (Lipinski definition) is 6. The van der Waals surface area contributed by atoms with Crippen molar-refractivity contribution in [3.8, 4) is 5.75 Å². The van der Waals surface area contributed by atoms with Crippen LogP contribution in [-0.4, -0.2) is 56.0 Å². The van der Waals surface area contributed by atoms with Crippen LogP contribution in [0.5, 0.6) is 5.75 Å². The predicted molar refractivity (Wildman–Crippen MR) is 112 cm³/mol. The molecule has 0 radical (unpaired) electrons. The van der Waals surface area contributed by atoms with E-state index in [1.54, 1.807) is 11.3 Å². The van der Waals surface area contributed by atoms with Crippen molar-refractivity contribution in [2.45, 2.75) is 19.8 Å². The third-order valence-corrected chi connectivity index (χ3v) is 5.41. The number of morpholine rings is 1. The third-order valence-electron chi connectivity index (χ3n) is 4.53. The van der Waals surface area contributed by atoms with Crippen LogP contribution in [0, 0.1) is 0 Å². The molecule has 1 aromatic carbocycles. The summed E-state index contributed by atoms with van der Waals surface area (Å²) in [5, 5.41) is 6.27. The number of carbonyl (C=O) groups excluding carboxylic acids is 1. The van der Waals surface area contributed by atoms with Gasteiger partial charge < -0.3 is 9.47 Å². The number of nitrogens with zero attached hydrogens (tertiary/aromatic N) is 2. The summed E-state index contributed by atoms with van der Waals surface area (Å²) < 4.78 is 11.2. The van der Waals surface area contributed by atoms with E-state index < -0.39 is 0 Å². The highest BCUT2D eigenvalue weighted by Gasteiger charge is 2.10. The minimum Gasteiger partial charge on any atom is -0.492 e. The molecule has 1 fully saturated rings. The summed E-state index contributed by atoms with van der Waals surface area (Å²) in [4.78, 5) is 15.4. The Morgan fingerprint density at radius 3 is 2.71 bits per heavy atom. The van der Waals surface area contributed by atoms with Gasteiger partial charge in [0, 0.05) is 24.5 Å². The van der Waals surface area contributed by atoms with Crippen LogP contribution in [0.3, 0.4) is 0 Å². The van der Waals surface area contributed by atoms with E-state index in [9.17, 15) is 4.79 Å². The molecule has 0 spiro atoms. The lowest BCUT2D eigenvalue weighted by atomic mass is 10.1. The molecule has 1 saturated heterocycles. The van der Waals surface area contributed by atoms with Gasteiger partial charge in [-0.1, -0.05) is 13.0 Å². The first kappa shape index (κ1) is 20.5. The highest BCUT2D eigenvalue weighted by molar-refractivity contribution is 7.10. The molecule has 6 nitrogen and oxygen atoms in total. The van der Waals surface area contributed by atoms with Crippen LogP contribution < -0.4 is 10.2 Å². The molecule has 3 rings (SSSR count). The molecule has 0 saturated carbocycles. The van der Waals surface area contributed by atoms with E-state index in [1.807, 2.05) is 48.7 Å². The van der Waals surface area contributed by atoms with E-state index >= 15 is 0 Å². The molecule has 1 N–H and O–H groups in total. The highest BCUT2D eigenvalue weighted by atomic mass is 32.1. The van der Waals surface area contributed by atoms with Crippen molar-refractivity contribution in [2.75, 3.05) is 39.5 Å². The molecule has 1 aliphatic rings. The van der Waals surface area contributed by atoms with Gasteiger partial charge >= 0.3 is 0 Å². The van der Waals surface area contributed by atoms with Gasteiger partial charge in [0.25, 0.3) is 0 Å². The molecular weight excluding hydrogens is 374 g/mol. The van der Waals surface area contributed by atoms with Gasteiger partial charge in [-0.2, -0.15) is 5.10 Å². The molecule has 7 heteroatoms. The summed E-state index contributed by atoms with van der Waals surface area (Å²) in [6.45, 7) is 7.13. The Balaban J connectivity index is 1.47. The summed E-state index contributed by atoms with van der Waals surface area (Å²) in [6.07, 6.45) is 1.09. The molecular formula is C21H27N3O3S. The van der Waals surface area contributed by atoms with Crippen LogP contribution in [0.2, 0.25) is 0 Å². The Morgan fingerprint density at radius 2 is 2.04 bits per heavy atom. The molecule has 0 atom stereocenters. The van der Waals surface area contributed by atoms with Crippen LogP contribution in [0.25, 0.3) is 0 Å². The molecule has 1 amide bonds. The van der Waals surface area contributed by atoms with E-state index in [0.717, 1.165) is 61.2 Å². The zero-order valence-corrected chi connectivity index (χ0v) is 17.0. The number of hydrazone groups is 1. The van der Waals surface area contributed by atoms with Gasteiger partial charge in [-0.3, -0.25) is 9.69 Å². The zero-order valence-electron chi connectivity index (χ0n) is 16.2. The second-order valence-corrected chi connectivity index (χ2v) is 7.56. The highest BCUT2D eigenvalue weighted by Crippen LogP contribution is 2.14. The quantitative estimate of drug-likeness (QED) is 0.518. The summed E-state index contributed by atoms with van der Waals surface area (Å²) in [6, 6.07) is 11.8. The third kappa shape index (κ3) is 6.44. The van der Waals surface area contributed by atoms with E-state index in [4.69, 9.17) is 9.47 Å². The predicted octanol–water partition coefficient (Wildman–Crippen LogP) is 2.93. The van der Waals surface area contributed by atoms with Gasteiger partial charge in [0.2, 0.25) is 5.91 Å². The Kier molecular flexibility index (Phi) is 8.02. The van der Waals surface area contributed by atoms with Crippen molar-refractivity contribution in [3.63, 3.8) is 0 Å². The maximum Gasteiger partial charge on any atom is 0.245 e. The lowest BCUT2D eigenvalue weighted by Crippen LogP contribution is -2.38. The topological polar surface area (TPSA) is 63.2 Å². The molecule has 28 heavy (non-hydrogen) atoms. The number of carbonyl (C=O) groups is 1. The first-order chi connectivity index (χ1) is 13.7. The number of thiophene rings is 1. The summed E-state index contributed by atoms with van der Waals surface area (Å²) in [7, 11) is 0. The number of hydrogen-bond donors (Lipinski definition) is 1. The number of benzene rings is 1. The zero-order chi connectivity index (χ0) is 19.6. The SMILES string of the molecule is CCC(=NNC(=O)Cc1cccs1)c1ccc(OCCN2CCOCC2)cc1. The summed E-state index contributed by atoms with van der Waals surface area (Å²) in [5.41, 5.74) is 4.50. The van der Waals surface area contributed by atoms with Gasteiger partial charge in [-0.25, -0.2) is 5.43 Å². The molecule has 2 heterocycles. The van der Waals surface area contributed by atoms with Gasteiger partial charge in [0.1, 0.15) is 12.4 Å². The fraction of sp³-hybridized carbons (Fsp3) is 0.429. The van der Waals surface area contributed by atoms with Crippen molar-refractivity contribution >= 4 is 23.0 Å². The molecule has 150 valence electrons. The Hall–Kier alpha value is -2.22. The number of amides is 1. The standard InChI is InChI=1S/C21H27N3O3S/c1-2-20(22-23-21(25)16-19-4-3-15-28-19)17-5-7-18(8-6-17)27-14-11-24-9-12-26-13-10-24/h3-8,15H,2,9-14,16H2,1H3,(H,23,25). The van der Waals surface area contributed by atoms with E-state index in [0.29, 0.717) is 13.0 Å². The lowest BCUT2D eigenvalue weighted by Gasteiger charge is -2.26. The molecule has 0 unspecified atom stereocenters. The van der Waals surface area contributed by atoms with Gasteiger partial charge in [-0.15, -0.1) is 11.3 Å². The van der Waals surface area contributed by atoms with E-state index in [-0.39, 0.29) is 5.91 Å². The Bertz CT molecular complexity index is 754. The fourth-order valence-corrected chi connectivity index (χ4v) is 3.65. The minimum absolute atomic E-state index is 0.100. The minimum atomic E-state index is -0.100. The van der Waals surface area contributed by atoms with Crippen LogP contribution in [0.1, 0.15) is 23.8 Å². The van der Waals surface area contributed by atoms with Gasteiger partial charge in [0.15, 0.2) is 0 Å². The number of rotatable bonds is 9. The summed E-state index contributed by atoms with van der Waals surface area (Å²) >= 11 is 1.57. The maximum absolute atomic E-state index is 12.0. The average Bonchev–Trinajstić information content (AvgIpc) is 3.23. The monoisotopic (exact) mass is 401 g/mol. The van der Waals surface area contributed by atoms with Gasteiger partial charge in [0.05, 0.1) is 25.3 Å². The smallest absolute Gasteiger partial charge is 0.245 e. The first-order valence-corrected chi connectivity index (χ1v) is 10.5. The molecule has 1 aliphatic heterocycles. The Morgan fingerprint density at radius 1 is 1.25 bits per heavy atom. The molecule has 2 aromatic rings. The largest absolute Gasteiger partial charge is 0.492 e. The van der Waals surface area contributed by atoms with Crippen molar-refractivity contribution in [1.29, 1.82) is 0 Å². The van der Waals surface area contributed by atoms with Crippen LogP contribution >= 0.6 is 11.3 Å². The lowest BCUT2D eigenvalue weighted by molar-refractivity contribution is -0.120. The fourth-order valence-electron chi connectivity index (χ4n) is 2.95. The molecule has 0 aliphatic carbocycles. The van der Waals surface area contributed by atoms with Crippen LogP contribution in [0.4, 0.5) is 0 Å². The number of nitrogens with one attached hydrogen (secondary N) is 1. The van der Waals surface area contributed by atoms with E-state index in [1.165, 1.54) is 0 Å². The van der Waals surface area contributed by atoms with Crippen LogP contribution in [0.15, 0.2) is 46.9 Å². The second kappa shape index (κ2) is 10.9. The molecule has 0 bridgehead atoms. The number of ether oxygens (including phenoxy) is 2. The van der Waals surface area contributed by atoms with Crippen molar-refractivity contribution in [2.24, 2.45) is 5.10 Å². The van der Waals surface area contributed by atoms with Gasteiger partial charge in [-0.05, 0) is 47.7 Å². The summed E-state index contributed by atoms with van der Waals surface area (Å²) in [5.74, 6) is 0.741. The normalized spacial score (nSPS) is 15.4. The second-order valence-electron chi connectivity index (χ2n) is 6.53. The van der Waals surface area contributed by atoms with Crippen molar-refractivity contribution in [1.82, 2.24) is 10.3 Å². The maximum atomic E-state index is 12.0. The molecule has 1 aromatic heterocycles. The van der Waals surface area contributed by atoms with Crippen molar-refractivity contribution < 1.29 is 14.3 Å². The van der Waals surface area contributed by atoms with Crippen LogP contribution in [-0.2, 0) is 16.0 Å². The Labute approximate surface area is 170 Å². The average molecular weight is 402 g/mol.